The standard InChI is InChI=1S/C16H21N/c1-3-5-13-17(4-2)16-12-8-10-14-9-6-7-11-15(14)16/h6-12H,3-5,13H2,1-2H3. The van der Waals surface area contributed by atoms with Gasteiger partial charge in [0.15, 0.2) is 0 Å². The summed E-state index contributed by atoms with van der Waals surface area (Å²) in [5.74, 6) is 0. The first-order valence-corrected chi connectivity index (χ1v) is 6.59. The molecule has 0 aromatic heterocycles. The van der Waals surface area contributed by atoms with E-state index in [-0.39, 0.29) is 0 Å². The van der Waals surface area contributed by atoms with Crippen molar-refractivity contribution in [3.05, 3.63) is 42.5 Å². The molecule has 0 saturated heterocycles. The highest BCUT2D eigenvalue weighted by molar-refractivity contribution is 5.94. The van der Waals surface area contributed by atoms with Crippen LogP contribution in [0.5, 0.6) is 0 Å². The van der Waals surface area contributed by atoms with E-state index < -0.39 is 0 Å². The summed E-state index contributed by atoms with van der Waals surface area (Å²) in [5, 5.41) is 2.70. The maximum atomic E-state index is 2.48. The zero-order valence-electron chi connectivity index (χ0n) is 10.8. The topological polar surface area (TPSA) is 3.24 Å². The second-order valence-corrected chi connectivity index (χ2v) is 4.43. The molecule has 0 bridgehead atoms. The Labute approximate surface area is 104 Å². The van der Waals surface area contributed by atoms with Crippen molar-refractivity contribution in [2.24, 2.45) is 0 Å². The Morgan fingerprint density at radius 3 is 2.47 bits per heavy atom. The van der Waals surface area contributed by atoms with Crippen molar-refractivity contribution < 1.29 is 0 Å². The third-order valence-corrected chi connectivity index (χ3v) is 3.27. The van der Waals surface area contributed by atoms with Crippen molar-refractivity contribution in [3.63, 3.8) is 0 Å². The molecule has 0 N–H and O–H groups in total. The van der Waals surface area contributed by atoms with Gasteiger partial charge < -0.3 is 4.90 Å². The predicted molar refractivity (Wildman–Crippen MR) is 76.7 cm³/mol. The van der Waals surface area contributed by atoms with Gasteiger partial charge in [-0.3, -0.25) is 0 Å². The predicted octanol–water partition coefficient (Wildman–Crippen LogP) is 4.47. The highest BCUT2D eigenvalue weighted by Gasteiger charge is 2.06. The second kappa shape index (κ2) is 5.72. The Morgan fingerprint density at radius 2 is 1.71 bits per heavy atom. The molecule has 0 unspecified atom stereocenters. The number of rotatable bonds is 5. The van der Waals surface area contributed by atoms with Gasteiger partial charge in [0.25, 0.3) is 0 Å². The quantitative estimate of drug-likeness (QED) is 0.728. The summed E-state index contributed by atoms with van der Waals surface area (Å²) in [6, 6.07) is 15.2. The van der Waals surface area contributed by atoms with E-state index in [1.165, 1.54) is 29.3 Å². The van der Waals surface area contributed by atoms with Crippen LogP contribution in [0.25, 0.3) is 10.8 Å². The van der Waals surface area contributed by atoms with Crippen LogP contribution < -0.4 is 4.90 Å². The van der Waals surface area contributed by atoms with Crippen LogP contribution >= 0.6 is 0 Å². The largest absolute Gasteiger partial charge is 0.371 e. The minimum absolute atomic E-state index is 1.08. The summed E-state index contributed by atoms with van der Waals surface area (Å²) in [6.07, 6.45) is 2.51. The lowest BCUT2D eigenvalue weighted by Crippen LogP contribution is -2.23. The number of benzene rings is 2. The van der Waals surface area contributed by atoms with Gasteiger partial charge in [0.1, 0.15) is 0 Å². The number of hydrogen-bond acceptors (Lipinski definition) is 1. The Balaban J connectivity index is 2.38. The van der Waals surface area contributed by atoms with Crippen LogP contribution in [0.2, 0.25) is 0 Å². The molecule has 0 aliphatic carbocycles. The fourth-order valence-electron chi connectivity index (χ4n) is 2.28. The van der Waals surface area contributed by atoms with Gasteiger partial charge in [0.05, 0.1) is 0 Å². The fourth-order valence-corrected chi connectivity index (χ4v) is 2.28. The third kappa shape index (κ3) is 2.60. The van der Waals surface area contributed by atoms with E-state index in [0.717, 1.165) is 13.1 Å². The van der Waals surface area contributed by atoms with Gasteiger partial charge in [-0.05, 0) is 24.8 Å². The number of hydrogen-bond donors (Lipinski definition) is 0. The smallest absolute Gasteiger partial charge is 0.0445 e. The summed E-state index contributed by atoms with van der Waals surface area (Å²) in [7, 11) is 0. The Hall–Kier alpha value is -1.50. The minimum Gasteiger partial charge on any atom is -0.371 e. The summed E-state index contributed by atoms with van der Waals surface area (Å²) in [4.78, 5) is 2.48. The normalized spacial score (nSPS) is 10.7. The van der Waals surface area contributed by atoms with E-state index in [0.29, 0.717) is 0 Å². The van der Waals surface area contributed by atoms with Crippen LogP contribution in [0.15, 0.2) is 42.5 Å². The van der Waals surface area contributed by atoms with Crippen LogP contribution in [0, 0.1) is 0 Å². The van der Waals surface area contributed by atoms with Crippen molar-refractivity contribution >= 4 is 16.5 Å². The van der Waals surface area contributed by atoms with E-state index in [2.05, 4.69) is 61.2 Å². The zero-order chi connectivity index (χ0) is 12.1. The Bertz CT molecular complexity index is 470. The first-order chi connectivity index (χ1) is 8.36. The molecule has 0 saturated carbocycles. The first-order valence-electron chi connectivity index (χ1n) is 6.59. The first kappa shape index (κ1) is 12.0. The number of fused-ring (bicyclic) bond motifs is 1. The molecule has 0 aliphatic heterocycles. The summed E-state index contributed by atoms with van der Waals surface area (Å²) < 4.78 is 0. The van der Waals surface area contributed by atoms with Crippen LogP contribution in [-0.4, -0.2) is 13.1 Å². The van der Waals surface area contributed by atoms with Gasteiger partial charge in [0.2, 0.25) is 0 Å². The van der Waals surface area contributed by atoms with Gasteiger partial charge in [0, 0.05) is 24.2 Å². The molecule has 0 heterocycles. The number of nitrogens with zero attached hydrogens (tertiary/aromatic N) is 1. The molecule has 17 heavy (non-hydrogen) atoms. The molecule has 0 atom stereocenters. The lowest BCUT2D eigenvalue weighted by molar-refractivity contribution is 0.734. The molecule has 2 aromatic carbocycles. The summed E-state index contributed by atoms with van der Waals surface area (Å²) in [5.41, 5.74) is 1.37. The zero-order valence-corrected chi connectivity index (χ0v) is 10.8. The number of unbranched alkanes of at least 4 members (excludes halogenated alkanes) is 1. The van der Waals surface area contributed by atoms with Gasteiger partial charge in [-0.15, -0.1) is 0 Å². The Morgan fingerprint density at radius 1 is 0.941 bits per heavy atom. The summed E-state index contributed by atoms with van der Waals surface area (Å²) >= 11 is 0. The molecule has 0 amide bonds. The average Bonchev–Trinajstić information content (AvgIpc) is 2.40. The van der Waals surface area contributed by atoms with Crippen molar-refractivity contribution in [2.45, 2.75) is 26.7 Å². The molecular formula is C16H21N. The Kier molecular flexibility index (Phi) is 4.03. The van der Waals surface area contributed by atoms with E-state index in [1.807, 2.05) is 0 Å². The molecule has 0 aliphatic rings. The molecule has 0 spiro atoms. The molecule has 0 radical (unpaired) electrons. The van der Waals surface area contributed by atoms with E-state index in [4.69, 9.17) is 0 Å². The van der Waals surface area contributed by atoms with Gasteiger partial charge >= 0.3 is 0 Å². The lowest BCUT2D eigenvalue weighted by atomic mass is 10.1. The van der Waals surface area contributed by atoms with Gasteiger partial charge in [-0.1, -0.05) is 49.7 Å². The van der Waals surface area contributed by atoms with Gasteiger partial charge in [-0.2, -0.15) is 0 Å². The average molecular weight is 227 g/mol. The molecular weight excluding hydrogens is 206 g/mol. The molecule has 1 heteroatoms. The van der Waals surface area contributed by atoms with Crippen molar-refractivity contribution in [2.75, 3.05) is 18.0 Å². The molecule has 2 rings (SSSR count). The monoisotopic (exact) mass is 227 g/mol. The van der Waals surface area contributed by atoms with Crippen LogP contribution in [0.4, 0.5) is 5.69 Å². The molecule has 2 aromatic rings. The highest BCUT2D eigenvalue weighted by atomic mass is 15.1. The van der Waals surface area contributed by atoms with Crippen molar-refractivity contribution in [3.8, 4) is 0 Å². The molecule has 90 valence electrons. The lowest BCUT2D eigenvalue weighted by Gasteiger charge is -2.24. The molecule has 1 nitrogen and oxygen atoms in total. The van der Waals surface area contributed by atoms with Gasteiger partial charge in [-0.25, -0.2) is 0 Å². The highest BCUT2D eigenvalue weighted by Crippen LogP contribution is 2.26. The van der Waals surface area contributed by atoms with E-state index in [9.17, 15) is 0 Å². The maximum Gasteiger partial charge on any atom is 0.0445 e. The number of anilines is 1. The van der Waals surface area contributed by atoms with Crippen molar-refractivity contribution in [1.82, 2.24) is 0 Å². The second-order valence-electron chi connectivity index (χ2n) is 4.43. The minimum atomic E-state index is 1.08. The van der Waals surface area contributed by atoms with Crippen LogP contribution in [0.3, 0.4) is 0 Å². The third-order valence-electron chi connectivity index (χ3n) is 3.27. The van der Waals surface area contributed by atoms with Crippen LogP contribution in [-0.2, 0) is 0 Å². The fraction of sp³-hybridized carbons (Fsp3) is 0.375. The molecule has 0 fully saturated rings. The van der Waals surface area contributed by atoms with E-state index in [1.54, 1.807) is 0 Å². The van der Waals surface area contributed by atoms with E-state index >= 15 is 0 Å². The maximum absolute atomic E-state index is 2.48. The van der Waals surface area contributed by atoms with Crippen molar-refractivity contribution in [1.29, 1.82) is 0 Å². The SMILES string of the molecule is CCCCN(CC)c1cccc2ccccc12. The van der Waals surface area contributed by atoms with Crippen LogP contribution in [0.1, 0.15) is 26.7 Å². The summed E-state index contributed by atoms with van der Waals surface area (Å²) in [6.45, 7) is 6.71.